The third-order valence-electron chi connectivity index (χ3n) is 2.43. The highest BCUT2D eigenvalue weighted by atomic mass is 35.5. The third kappa shape index (κ3) is 2.96. The highest BCUT2D eigenvalue weighted by Gasteiger charge is 2.05. The molecule has 2 aromatic rings. The summed E-state index contributed by atoms with van der Waals surface area (Å²) < 4.78 is 1.90. The molecule has 0 saturated carbocycles. The van der Waals surface area contributed by atoms with Gasteiger partial charge in [-0.25, -0.2) is 0 Å². The maximum Gasteiger partial charge on any atom is 0.0596 e. The zero-order valence-corrected chi connectivity index (χ0v) is 11.3. The molecule has 5 heteroatoms. The van der Waals surface area contributed by atoms with Crippen LogP contribution in [-0.4, -0.2) is 9.78 Å². The maximum absolute atomic E-state index is 6.12. The van der Waals surface area contributed by atoms with Gasteiger partial charge in [0.2, 0.25) is 0 Å². The molecule has 1 heterocycles. The summed E-state index contributed by atoms with van der Waals surface area (Å²) in [5.41, 5.74) is 8.56. The molecule has 0 atom stereocenters. The Kier molecular flexibility index (Phi) is 3.64. The number of rotatable bonds is 3. The quantitative estimate of drug-likeness (QED) is 0.686. The highest BCUT2D eigenvalue weighted by Crippen LogP contribution is 2.31. The Balaban J connectivity index is 2.10. The van der Waals surface area contributed by atoms with Crippen molar-refractivity contribution in [2.24, 2.45) is 7.05 Å². The number of aromatic nitrogens is 2. The number of hydrogen-bond acceptors (Lipinski definition) is 3. The van der Waals surface area contributed by atoms with Crippen LogP contribution < -0.4 is 5.73 Å². The van der Waals surface area contributed by atoms with E-state index in [1.807, 2.05) is 30.8 Å². The van der Waals surface area contributed by atoms with Gasteiger partial charge >= 0.3 is 0 Å². The van der Waals surface area contributed by atoms with Crippen LogP contribution in [0.4, 0.5) is 5.69 Å². The Morgan fingerprint density at radius 2 is 2.18 bits per heavy atom. The largest absolute Gasteiger partial charge is 0.399 e. The molecule has 3 nitrogen and oxygen atoms in total. The van der Waals surface area contributed by atoms with Crippen LogP contribution in [0.2, 0.25) is 5.02 Å². The molecule has 0 amide bonds. The molecule has 0 fully saturated rings. The lowest BCUT2D eigenvalue weighted by Crippen LogP contribution is -1.96. The fourth-order valence-corrected chi connectivity index (χ4v) is 2.87. The lowest BCUT2D eigenvalue weighted by Gasteiger charge is -2.05. The molecule has 2 N–H and O–H groups in total. The van der Waals surface area contributed by atoms with Gasteiger partial charge in [0.1, 0.15) is 0 Å². The van der Waals surface area contributed by atoms with Gasteiger partial charge in [0.15, 0.2) is 0 Å². The van der Waals surface area contributed by atoms with Crippen LogP contribution in [0.25, 0.3) is 0 Å². The Morgan fingerprint density at radius 1 is 1.41 bits per heavy atom. The predicted octanol–water partition coefficient (Wildman–Crippen LogP) is 3.26. The summed E-state index contributed by atoms with van der Waals surface area (Å²) in [6.07, 6.45) is 0. The number of thioether (sulfide) groups is 1. The molecule has 0 aliphatic heterocycles. The molecule has 0 aliphatic carbocycles. The van der Waals surface area contributed by atoms with Crippen LogP contribution in [0.1, 0.15) is 11.4 Å². The van der Waals surface area contributed by atoms with Crippen molar-refractivity contribution >= 4 is 29.1 Å². The minimum absolute atomic E-state index is 0.690. The van der Waals surface area contributed by atoms with E-state index in [2.05, 4.69) is 11.2 Å². The maximum atomic E-state index is 6.12. The second kappa shape index (κ2) is 5.02. The summed E-state index contributed by atoms with van der Waals surface area (Å²) in [6.45, 7) is 1.99. The number of nitrogen functional groups attached to an aromatic ring is 1. The van der Waals surface area contributed by atoms with Gasteiger partial charge in [0.05, 0.1) is 10.7 Å². The zero-order chi connectivity index (χ0) is 12.4. The van der Waals surface area contributed by atoms with E-state index in [1.165, 1.54) is 5.69 Å². The normalized spacial score (nSPS) is 10.8. The molecule has 1 aromatic carbocycles. The van der Waals surface area contributed by atoms with E-state index in [-0.39, 0.29) is 0 Å². The lowest BCUT2D eigenvalue weighted by molar-refractivity contribution is 0.727. The molecule has 1 aromatic heterocycles. The first-order valence-corrected chi connectivity index (χ1v) is 6.60. The minimum Gasteiger partial charge on any atom is -0.399 e. The Labute approximate surface area is 110 Å². The van der Waals surface area contributed by atoms with Crippen LogP contribution in [-0.2, 0) is 12.8 Å². The van der Waals surface area contributed by atoms with Crippen molar-refractivity contribution in [3.05, 3.63) is 40.7 Å². The number of nitrogens with two attached hydrogens (primary N) is 1. The molecule has 17 heavy (non-hydrogen) atoms. The van der Waals surface area contributed by atoms with Crippen LogP contribution in [0.3, 0.4) is 0 Å². The summed E-state index contributed by atoms with van der Waals surface area (Å²) in [4.78, 5) is 1.04. The van der Waals surface area contributed by atoms with E-state index in [0.29, 0.717) is 10.7 Å². The van der Waals surface area contributed by atoms with E-state index < -0.39 is 0 Å². The van der Waals surface area contributed by atoms with Crippen molar-refractivity contribution < 1.29 is 0 Å². The first-order chi connectivity index (χ1) is 8.06. The average molecular weight is 268 g/mol. The second-order valence-electron chi connectivity index (χ2n) is 3.88. The first-order valence-electron chi connectivity index (χ1n) is 5.23. The van der Waals surface area contributed by atoms with Gasteiger partial charge in [0.25, 0.3) is 0 Å². The number of aryl methyl sites for hydroxylation is 2. The second-order valence-corrected chi connectivity index (χ2v) is 5.30. The van der Waals surface area contributed by atoms with E-state index in [1.54, 1.807) is 17.8 Å². The Bertz CT molecular complexity index is 537. The van der Waals surface area contributed by atoms with Gasteiger partial charge in [-0.05, 0) is 31.2 Å². The molecule has 0 bridgehead atoms. The third-order valence-corrected chi connectivity index (χ3v) is 3.96. The van der Waals surface area contributed by atoms with Gasteiger partial charge in [-0.3, -0.25) is 4.68 Å². The molecule has 0 radical (unpaired) electrons. The Morgan fingerprint density at radius 3 is 2.76 bits per heavy atom. The molecular formula is C12H14ClN3S. The topological polar surface area (TPSA) is 43.8 Å². The Hall–Kier alpha value is -1.13. The minimum atomic E-state index is 0.690. The van der Waals surface area contributed by atoms with Crippen molar-refractivity contribution in [3.63, 3.8) is 0 Å². The standard InChI is InChI=1S/C12H14ClN3S/c1-8-5-10(16(2)15-8)7-17-12-4-3-9(14)6-11(12)13/h3-6H,7,14H2,1-2H3. The van der Waals surface area contributed by atoms with E-state index in [9.17, 15) is 0 Å². The van der Waals surface area contributed by atoms with Crippen molar-refractivity contribution in [3.8, 4) is 0 Å². The van der Waals surface area contributed by atoms with Crippen molar-refractivity contribution in [2.75, 3.05) is 5.73 Å². The van der Waals surface area contributed by atoms with Crippen LogP contribution >= 0.6 is 23.4 Å². The summed E-state index contributed by atoms with van der Waals surface area (Å²) in [6, 6.07) is 7.67. The molecule has 0 saturated heterocycles. The van der Waals surface area contributed by atoms with Crippen molar-refractivity contribution in [1.82, 2.24) is 9.78 Å². The number of benzene rings is 1. The smallest absolute Gasteiger partial charge is 0.0596 e. The fraction of sp³-hybridized carbons (Fsp3) is 0.250. The monoisotopic (exact) mass is 267 g/mol. The number of halogens is 1. The zero-order valence-electron chi connectivity index (χ0n) is 9.77. The summed E-state index contributed by atoms with van der Waals surface area (Å²) in [7, 11) is 1.95. The number of anilines is 1. The van der Waals surface area contributed by atoms with Gasteiger partial charge < -0.3 is 5.73 Å². The summed E-state index contributed by atoms with van der Waals surface area (Å²) in [5.74, 6) is 0.848. The predicted molar refractivity (Wildman–Crippen MR) is 73.4 cm³/mol. The first kappa shape index (κ1) is 12.3. The van der Waals surface area contributed by atoms with E-state index in [0.717, 1.165) is 16.3 Å². The molecule has 0 aliphatic rings. The average Bonchev–Trinajstić information content (AvgIpc) is 2.56. The van der Waals surface area contributed by atoms with Crippen LogP contribution in [0.15, 0.2) is 29.2 Å². The van der Waals surface area contributed by atoms with Crippen LogP contribution in [0, 0.1) is 6.92 Å². The molecule has 0 spiro atoms. The molecule has 2 rings (SSSR count). The van der Waals surface area contributed by atoms with Crippen molar-refractivity contribution in [2.45, 2.75) is 17.6 Å². The SMILES string of the molecule is Cc1cc(CSc2ccc(N)cc2Cl)n(C)n1. The fourth-order valence-electron chi connectivity index (χ4n) is 1.59. The number of hydrogen-bond donors (Lipinski definition) is 1. The highest BCUT2D eigenvalue weighted by molar-refractivity contribution is 7.98. The van der Waals surface area contributed by atoms with Gasteiger partial charge in [-0.2, -0.15) is 5.10 Å². The van der Waals surface area contributed by atoms with E-state index >= 15 is 0 Å². The molecule has 0 unspecified atom stereocenters. The van der Waals surface area contributed by atoms with Crippen molar-refractivity contribution in [1.29, 1.82) is 0 Å². The van der Waals surface area contributed by atoms with Gasteiger partial charge in [-0.1, -0.05) is 11.6 Å². The summed E-state index contributed by atoms with van der Waals surface area (Å²) in [5, 5.41) is 5.01. The molecular weight excluding hydrogens is 254 g/mol. The van der Waals surface area contributed by atoms with E-state index in [4.69, 9.17) is 17.3 Å². The van der Waals surface area contributed by atoms with Crippen LogP contribution in [0.5, 0.6) is 0 Å². The summed E-state index contributed by atoms with van der Waals surface area (Å²) >= 11 is 7.81. The molecule has 90 valence electrons. The van der Waals surface area contributed by atoms with Gasteiger partial charge in [0, 0.05) is 29.1 Å². The number of nitrogens with zero attached hydrogens (tertiary/aromatic N) is 2. The lowest BCUT2D eigenvalue weighted by atomic mass is 10.3. The van der Waals surface area contributed by atoms with Gasteiger partial charge in [-0.15, -0.1) is 11.8 Å².